The molecule has 2 heterocycles. The summed E-state index contributed by atoms with van der Waals surface area (Å²) in [6.07, 6.45) is -1.16. The largest absolute Gasteiger partial charge is 0.365 e. The first-order valence-electron chi connectivity index (χ1n) is 9.56. The summed E-state index contributed by atoms with van der Waals surface area (Å²) in [5.41, 5.74) is 7.55. The fourth-order valence-electron chi connectivity index (χ4n) is 4.16. The third-order valence-electron chi connectivity index (χ3n) is 5.91. The fourth-order valence-corrected chi connectivity index (χ4v) is 4.35. The number of amides is 2. The van der Waals surface area contributed by atoms with E-state index >= 15 is 0 Å². The number of nitrogens with two attached hydrogens (primary N) is 1. The summed E-state index contributed by atoms with van der Waals surface area (Å²) in [6, 6.07) is 6.97. The van der Waals surface area contributed by atoms with Gasteiger partial charge in [-0.05, 0) is 30.9 Å². The highest BCUT2D eigenvalue weighted by atomic mass is 35.5. The van der Waals surface area contributed by atoms with Gasteiger partial charge in [-0.2, -0.15) is 5.10 Å². The van der Waals surface area contributed by atoms with Crippen molar-refractivity contribution in [3.8, 4) is 11.3 Å². The van der Waals surface area contributed by atoms with Crippen molar-refractivity contribution in [2.24, 2.45) is 17.6 Å². The number of carbonyl (C=O) groups excluding carboxylic acids is 2. The van der Waals surface area contributed by atoms with Crippen LogP contribution in [0.25, 0.3) is 11.3 Å². The van der Waals surface area contributed by atoms with Gasteiger partial charge in [0.2, 0.25) is 12.3 Å². The molecule has 1 saturated carbocycles. The first-order chi connectivity index (χ1) is 13.8. The average Bonchev–Trinajstić information content (AvgIpc) is 3.03. The van der Waals surface area contributed by atoms with Gasteiger partial charge in [0.05, 0.1) is 24.3 Å². The van der Waals surface area contributed by atoms with Crippen molar-refractivity contribution in [3.63, 3.8) is 0 Å². The van der Waals surface area contributed by atoms with Gasteiger partial charge in [0.1, 0.15) is 5.69 Å². The number of primary amides is 1. The Hall–Kier alpha value is -2.48. The molecule has 1 aliphatic heterocycles. The van der Waals surface area contributed by atoms with Crippen molar-refractivity contribution < 1.29 is 18.4 Å². The molecule has 1 unspecified atom stereocenters. The van der Waals surface area contributed by atoms with Gasteiger partial charge < -0.3 is 10.6 Å². The van der Waals surface area contributed by atoms with Crippen LogP contribution in [-0.4, -0.2) is 39.5 Å². The number of halogens is 3. The van der Waals surface area contributed by atoms with Crippen molar-refractivity contribution >= 4 is 23.4 Å². The van der Waals surface area contributed by atoms with E-state index in [1.165, 1.54) is 0 Å². The maximum atomic E-state index is 13.0. The summed E-state index contributed by atoms with van der Waals surface area (Å²) in [5.74, 6) is -1.77. The Bertz CT molecular complexity index is 962. The van der Waals surface area contributed by atoms with Crippen LogP contribution in [0.5, 0.6) is 0 Å². The number of hydrogen-bond donors (Lipinski definition) is 1. The quantitative estimate of drug-likeness (QED) is 0.802. The Morgan fingerprint density at radius 2 is 2.07 bits per heavy atom. The van der Waals surface area contributed by atoms with Crippen LogP contribution in [0, 0.1) is 11.8 Å². The summed E-state index contributed by atoms with van der Waals surface area (Å²) in [7, 11) is 0. The number of aromatic nitrogens is 2. The summed E-state index contributed by atoms with van der Waals surface area (Å²) in [6.45, 7) is 0.994. The molecule has 1 aromatic heterocycles. The van der Waals surface area contributed by atoms with Crippen LogP contribution in [0.1, 0.15) is 35.3 Å². The molecule has 1 fully saturated rings. The van der Waals surface area contributed by atoms with E-state index in [4.69, 9.17) is 17.3 Å². The Kier molecular flexibility index (Phi) is 5.29. The number of hydrogen-bond acceptors (Lipinski definition) is 3. The molecule has 0 radical (unpaired) electrons. The molecule has 154 valence electrons. The van der Waals surface area contributed by atoms with Crippen molar-refractivity contribution in [2.75, 3.05) is 6.54 Å². The minimum absolute atomic E-state index is 0.107. The fraction of sp³-hybridized carbons (Fsp3) is 0.450. The van der Waals surface area contributed by atoms with Crippen LogP contribution < -0.4 is 5.73 Å². The van der Waals surface area contributed by atoms with E-state index in [1.807, 2.05) is 0 Å². The molecule has 9 heteroatoms. The van der Waals surface area contributed by atoms with Gasteiger partial charge in [-0.15, -0.1) is 0 Å². The summed E-state index contributed by atoms with van der Waals surface area (Å²) < 4.78 is 27.6. The van der Waals surface area contributed by atoms with Gasteiger partial charge >= 0.3 is 0 Å². The van der Waals surface area contributed by atoms with Gasteiger partial charge in [0, 0.05) is 29.5 Å². The predicted molar refractivity (Wildman–Crippen MR) is 103 cm³/mol. The third kappa shape index (κ3) is 3.73. The molecule has 0 spiro atoms. The highest BCUT2D eigenvalue weighted by Crippen LogP contribution is 2.41. The van der Waals surface area contributed by atoms with Crippen molar-refractivity contribution in [2.45, 2.75) is 38.8 Å². The molecule has 2 amide bonds. The molecule has 2 aromatic rings. The topological polar surface area (TPSA) is 81.2 Å². The van der Waals surface area contributed by atoms with Gasteiger partial charge in [-0.3, -0.25) is 14.3 Å². The molecule has 6 nitrogen and oxygen atoms in total. The van der Waals surface area contributed by atoms with Gasteiger partial charge in [0.25, 0.3) is 5.91 Å². The molecule has 29 heavy (non-hydrogen) atoms. The maximum Gasteiger partial charge on any atom is 0.252 e. The van der Waals surface area contributed by atoms with Crippen LogP contribution >= 0.6 is 11.6 Å². The van der Waals surface area contributed by atoms with E-state index in [0.29, 0.717) is 47.9 Å². The van der Waals surface area contributed by atoms with Crippen LogP contribution in [0.15, 0.2) is 24.3 Å². The van der Waals surface area contributed by atoms with Crippen molar-refractivity contribution in [1.29, 1.82) is 0 Å². The van der Waals surface area contributed by atoms with Gasteiger partial charge in [0.15, 0.2) is 0 Å². The zero-order valence-corrected chi connectivity index (χ0v) is 16.4. The number of alkyl halides is 2. The minimum atomic E-state index is -2.38. The van der Waals surface area contributed by atoms with E-state index < -0.39 is 18.3 Å². The lowest BCUT2D eigenvalue weighted by Crippen LogP contribution is -2.42. The third-order valence-corrected chi connectivity index (χ3v) is 6.15. The monoisotopic (exact) mass is 422 g/mol. The number of nitrogens with zero attached hydrogens (tertiary/aromatic N) is 3. The molecule has 2 N–H and O–H groups in total. The number of carbonyl (C=O) groups is 2. The predicted octanol–water partition coefficient (Wildman–Crippen LogP) is 3.33. The zero-order valence-electron chi connectivity index (χ0n) is 15.7. The average molecular weight is 423 g/mol. The Balaban J connectivity index is 1.57. The molecule has 4 rings (SSSR count). The Labute approximate surface area is 171 Å². The maximum absolute atomic E-state index is 13.0. The molecule has 1 aromatic carbocycles. The first-order valence-corrected chi connectivity index (χ1v) is 9.94. The Morgan fingerprint density at radius 3 is 2.69 bits per heavy atom. The van der Waals surface area contributed by atoms with Crippen molar-refractivity contribution in [3.05, 3.63) is 40.5 Å². The van der Waals surface area contributed by atoms with E-state index in [-0.39, 0.29) is 30.4 Å². The summed E-state index contributed by atoms with van der Waals surface area (Å²) in [4.78, 5) is 26.5. The molecular formula is C20H21ClF2N4O2. The second kappa shape index (κ2) is 7.74. The first kappa shape index (κ1) is 19.8. The second-order valence-electron chi connectivity index (χ2n) is 7.62. The molecular weight excluding hydrogens is 402 g/mol. The number of rotatable bonds is 5. The SMILES string of the molecule is NC(=O)c1c(-c2cccc(Cl)c2)nn2c1CN(C(=O)C[C@@H]1CCC1C(F)F)CC2. The summed E-state index contributed by atoms with van der Waals surface area (Å²) in [5, 5.41) is 5.03. The van der Waals surface area contributed by atoms with Crippen LogP contribution in [0.3, 0.4) is 0 Å². The van der Waals surface area contributed by atoms with E-state index in [1.54, 1.807) is 33.8 Å². The molecule has 0 bridgehead atoms. The van der Waals surface area contributed by atoms with E-state index in [2.05, 4.69) is 5.10 Å². The molecule has 0 saturated heterocycles. The molecule has 2 aliphatic rings. The number of benzene rings is 1. The van der Waals surface area contributed by atoms with E-state index in [9.17, 15) is 18.4 Å². The normalized spacial score (nSPS) is 21.0. The number of fused-ring (bicyclic) bond motifs is 1. The lowest BCUT2D eigenvalue weighted by Gasteiger charge is -2.37. The molecule has 2 atom stereocenters. The second-order valence-corrected chi connectivity index (χ2v) is 8.06. The van der Waals surface area contributed by atoms with E-state index in [0.717, 1.165) is 0 Å². The summed E-state index contributed by atoms with van der Waals surface area (Å²) >= 11 is 6.06. The minimum Gasteiger partial charge on any atom is -0.365 e. The standard InChI is InChI=1S/C20H21ClF2N4O2/c21-13-3-1-2-12(8-13)18-17(20(24)29)15-10-26(6-7-27(15)25-18)16(28)9-11-4-5-14(11)19(22)23/h1-3,8,11,14,19H,4-7,9-10H2,(H2,24,29)/t11-,14?/m0/s1. The lowest BCUT2D eigenvalue weighted by atomic mass is 9.72. The lowest BCUT2D eigenvalue weighted by molar-refractivity contribution is -0.136. The zero-order chi connectivity index (χ0) is 20.7. The van der Waals surface area contributed by atoms with Crippen LogP contribution in [-0.2, 0) is 17.9 Å². The highest BCUT2D eigenvalue weighted by Gasteiger charge is 2.40. The van der Waals surface area contributed by atoms with Crippen LogP contribution in [0.4, 0.5) is 8.78 Å². The van der Waals surface area contributed by atoms with Crippen LogP contribution in [0.2, 0.25) is 5.02 Å². The smallest absolute Gasteiger partial charge is 0.252 e. The molecule has 1 aliphatic carbocycles. The van der Waals surface area contributed by atoms with Gasteiger partial charge in [-0.1, -0.05) is 23.7 Å². The van der Waals surface area contributed by atoms with Gasteiger partial charge in [-0.25, -0.2) is 8.78 Å². The van der Waals surface area contributed by atoms with Crippen molar-refractivity contribution in [1.82, 2.24) is 14.7 Å². The Morgan fingerprint density at radius 1 is 1.28 bits per heavy atom. The highest BCUT2D eigenvalue weighted by molar-refractivity contribution is 6.30.